The van der Waals surface area contributed by atoms with Gasteiger partial charge in [-0.25, -0.2) is 10.0 Å². The zero-order valence-electron chi connectivity index (χ0n) is 10.6. The number of hydrazine groups is 1. The maximum absolute atomic E-state index is 5.43. The fraction of sp³-hybridized carbons (Fsp3) is 0.615. The minimum atomic E-state index is 0.345. The molecular formula is C13H20N4O. The van der Waals surface area contributed by atoms with Crippen LogP contribution in [-0.4, -0.2) is 60.9 Å². The second-order valence-electron chi connectivity index (χ2n) is 4.70. The number of pyridine rings is 1. The largest absolute Gasteiger partial charge is 0.379 e. The van der Waals surface area contributed by atoms with Crippen molar-refractivity contribution in [1.82, 2.24) is 20.3 Å². The molecule has 0 amide bonds. The van der Waals surface area contributed by atoms with Gasteiger partial charge in [-0.05, 0) is 12.1 Å². The molecular weight excluding hydrogens is 228 g/mol. The molecule has 5 heteroatoms. The summed E-state index contributed by atoms with van der Waals surface area (Å²) in [5.74, 6) is 0. The Labute approximate surface area is 108 Å². The number of hydrogen-bond acceptors (Lipinski definition) is 5. The van der Waals surface area contributed by atoms with Gasteiger partial charge in [-0.2, -0.15) is 0 Å². The van der Waals surface area contributed by atoms with Gasteiger partial charge in [0.1, 0.15) is 0 Å². The van der Waals surface area contributed by atoms with E-state index in [0.717, 1.165) is 51.6 Å². The van der Waals surface area contributed by atoms with Gasteiger partial charge >= 0.3 is 0 Å². The number of nitrogens with zero attached hydrogens (tertiary/aromatic N) is 3. The monoisotopic (exact) mass is 248 g/mol. The molecule has 1 unspecified atom stereocenters. The van der Waals surface area contributed by atoms with E-state index in [2.05, 4.69) is 32.5 Å². The van der Waals surface area contributed by atoms with Crippen molar-refractivity contribution in [2.24, 2.45) is 0 Å². The predicted molar refractivity (Wildman–Crippen MR) is 68.9 cm³/mol. The molecule has 1 N–H and O–H groups in total. The molecule has 3 rings (SSSR count). The van der Waals surface area contributed by atoms with Gasteiger partial charge in [0.05, 0.1) is 24.9 Å². The van der Waals surface area contributed by atoms with Crippen LogP contribution in [0.15, 0.2) is 24.4 Å². The molecule has 2 aliphatic heterocycles. The standard InChI is InChI=1S/C13H20N4O/c1-2-4-15-12(3-1)13-11-14-5-6-17(13)16-7-9-18-10-8-16/h1-4,13-14H,5-11H2. The number of rotatable bonds is 2. The summed E-state index contributed by atoms with van der Waals surface area (Å²) in [5, 5.41) is 8.34. The van der Waals surface area contributed by atoms with E-state index in [-0.39, 0.29) is 0 Å². The van der Waals surface area contributed by atoms with Crippen molar-refractivity contribution in [3.63, 3.8) is 0 Å². The zero-order chi connectivity index (χ0) is 12.2. The lowest BCUT2D eigenvalue weighted by molar-refractivity contribution is -0.122. The highest BCUT2D eigenvalue weighted by Gasteiger charge is 2.30. The van der Waals surface area contributed by atoms with Crippen LogP contribution in [0.4, 0.5) is 0 Å². The Bertz CT molecular complexity index is 367. The van der Waals surface area contributed by atoms with Gasteiger partial charge in [0, 0.05) is 38.9 Å². The zero-order valence-corrected chi connectivity index (χ0v) is 10.6. The van der Waals surface area contributed by atoms with E-state index in [1.165, 1.54) is 0 Å². The molecule has 2 saturated heterocycles. The highest BCUT2D eigenvalue weighted by Crippen LogP contribution is 2.22. The summed E-state index contributed by atoms with van der Waals surface area (Å²) in [7, 11) is 0. The quantitative estimate of drug-likeness (QED) is 0.814. The Morgan fingerprint density at radius 2 is 2.11 bits per heavy atom. The molecule has 1 aromatic rings. The van der Waals surface area contributed by atoms with Crippen LogP contribution < -0.4 is 5.32 Å². The molecule has 1 atom stereocenters. The van der Waals surface area contributed by atoms with E-state index in [1.807, 2.05) is 12.3 Å². The average Bonchev–Trinajstić information content (AvgIpc) is 2.49. The third kappa shape index (κ3) is 2.54. The van der Waals surface area contributed by atoms with Crippen LogP contribution in [0.5, 0.6) is 0 Å². The first kappa shape index (κ1) is 12.0. The Morgan fingerprint density at radius 1 is 1.22 bits per heavy atom. The molecule has 2 aliphatic rings. The van der Waals surface area contributed by atoms with Crippen LogP contribution >= 0.6 is 0 Å². The second kappa shape index (κ2) is 5.75. The van der Waals surface area contributed by atoms with E-state index in [0.29, 0.717) is 6.04 Å². The highest BCUT2D eigenvalue weighted by molar-refractivity contribution is 5.10. The summed E-state index contributed by atoms with van der Waals surface area (Å²) in [6, 6.07) is 6.50. The SMILES string of the molecule is c1ccc(C2CNCCN2N2CCOCC2)nc1. The molecule has 2 fully saturated rings. The van der Waals surface area contributed by atoms with E-state index >= 15 is 0 Å². The smallest absolute Gasteiger partial charge is 0.0792 e. The molecule has 18 heavy (non-hydrogen) atoms. The lowest BCUT2D eigenvalue weighted by Crippen LogP contribution is -2.57. The number of morpholine rings is 1. The topological polar surface area (TPSA) is 40.6 Å². The van der Waals surface area contributed by atoms with Crippen molar-refractivity contribution in [3.05, 3.63) is 30.1 Å². The number of piperazine rings is 1. The summed E-state index contributed by atoms with van der Waals surface area (Å²) in [5.41, 5.74) is 1.15. The first-order valence-electron chi connectivity index (χ1n) is 6.66. The Hall–Kier alpha value is -1.01. The van der Waals surface area contributed by atoms with Crippen molar-refractivity contribution < 1.29 is 4.74 Å². The van der Waals surface area contributed by atoms with Crippen LogP contribution in [-0.2, 0) is 4.74 Å². The normalized spacial score (nSPS) is 27.2. The number of aromatic nitrogens is 1. The first-order valence-corrected chi connectivity index (χ1v) is 6.66. The predicted octanol–water partition coefficient (Wildman–Crippen LogP) is 0.275. The molecule has 0 radical (unpaired) electrons. The molecule has 0 bridgehead atoms. The van der Waals surface area contributed by atoms with Gasteiger partial charge in [0.15, 0.2) is 0 Å². The van der Waals surface area contributed by atoms with E-state index in [4.69, 9.17) is 4.74 Å². The minimum Gasteiger partial charge on any atom is -0.379 e. The fourth-order valence-electron chi connectivity index (χ4n) is 2.67. The lowest BCUT2D eigenvalue weighted by Gasteiger charge is -2.44. The molecule has 0 spiro atoms. The summed E-state index contributed by atoms with van der Waals surface area (Å²) in [6.07, 6.45) is 1.88. The summed E-state index contributed by atoms with van der Waals surface area (Å²) >= 11 is 0. The van der Waals surface area contributed by atoms with Gasteiger partial charge in [-0.15, -0.1) is 0 Å². The molecule has 0 aliphatic carbocycles. The Kier molecular flexibility index (Phi) is 3.85. The van der Waals surface area contributed by atoms with Crippen LogP contribution in [0.25, 0.3) is 0 Å². The van der Waals surface area contributed by atoms with E-state index in [9.17, 15) is 0 Å². The average molecular weight is 248 g/mol. The molecule has 1 aromatic heterocycles. The Morgan fingerprint density at radius 3 is 2.89 bits per heavy atom. The van der Waals surface area contributed by atoms with Crippen molar-refractivity contribution in [2.75, 3.05) is 45.9 Å². The van der Waals surface area contributed by atoms with E-state index in [1.54, 1.807) is 0 Å². The van der Waals surface area contributed by atoms with Crippen LogP contribution in [0.1, 0.15) is 11.7 Å². The number of ether oxygens (including phenoxy) is 1. The van der Waals surface area contributed by atoms with Crippen molar-refractivity contribution >= 4 is 0 Å². The highest BCUT2D eigenvalue weighted by atomic mass is 16.5. The second-order valence-corrected chi connectivity index (χ2v) is 4.70. The Balaban J connectivity index is 1.77. The van der Waals surface area contributed by atoms with Crippen LogP contribution in [0, 0.1) is 0 Å². The van der Waals surface area contributed by atoms with Gasteiger partial charge in [0.25, 0.3) is 0 Å². The molecule has 5 nitrogen and oxygen atoms in total. The third-order valence-electron chi connectivity index (χ3n) is 3.60. The fourth-order valence-corrected chi connectivity index (χ4v) is 2.67. The molecule has 3 heterocycles. The van der Waals surface area contributed by atoms with Crippen molar-refractivity contribution in [2.45, 2.75) is 6.04 Å². The lowest BCUT2D eigenvalue weighted by atomic mass is 10.1. The van der Waals surface area contributed by atoms with Crippen LogP contribution in [0.2, 0.25) is 0 Å². The van der Waals surface area contributed by atoms with Gasteiger partial charge in [0.2, 0.25) is 0 Å². The van der Waals surface area contributed by atoms with E-state index < -0.39 is 0 Å². The first-order chi connectivity index (χ1) is 8.95. The van der Waals surface area contributed by atoms with Gasteiger partial charge in [-0.3, -0.25) is 4.98 Å². The van der Waals surface area contributed by atoms with Gasteiger partial charge in [-0.1, -0.05) is 6.07 Å². The van der Waals surface area contributed by atoms with Crippen molar-refractivity contribution in [1.29, 1.82) is 0 Å². The summed E-state index contributed by atoms with van der Waals surface area (Å²) < 4.78 is 5.43. The maximum atomic E-state index is 5.43. The van der Waals surface area contributed by atoms with Crippen molar-refractivity contribution in [3.8, 4) is 0 Å². The van der Waals surface area contributed by atoms with Crippen LogP contribution in [0.3, 0.4) is 0 Å². The summed E-state index contributed by atoms with van der Waals surface area (Å²) in [6.45, 7) is 6.70. The number of nitrogens with one attached hydrogen (secondary N) is 1. The minimum absolute atomic E-state index is 0.345. The molecule has 0 saturated carbocycles. The molecule has 0 aromatic carbocycles. The number of hydrogen-bond donors (Lipinski definition) is 1. The molecule has 98 valence electrons. The maximum Gasteiger partial charge on any atom is 0.0792 e. The summed E-state index contributed by atoms with van der Waals surface area (Å²) in [4.78, 5) is 4.51. The van der Waals surface area contributed by atoms with Gasteiger partial charge < -0.3 is 10.1 Å². The third-order valence-corrected chi connectivity index (χ3v) is 3.60.